The summed E-state index contributed by atoms with van der Waals surface area (Å²) in [6.45, 7) is 5.03. The van der Waals surface area contributed by atoms with Gasteiger partial charge in [0.25, 0.3) is 0 Å². The van der Waals surface area contributed by atoms with E-state index in [1.54, 1.807) is 25.1 Å². The molecule has 19 heavy (non-hydrogen) atoms. The molecule has 1 atom stereocenters. The Morgan fingerprint density at radius 2 is 2.05 bits per heavy atom. The van der Waals surface area contributed by atoms with Crippen LogP contribution >= 0.6 is 11.6 Å². The van der Waals surface area contributed by atoms with E-state index in [0.29, 0.717) is 36.7 Å². The summed E-state index contributed by atoms with van der Waals surface area (Å²) in [6.07, 6.45) is 2.10. The van der Waals surface area contributed by atoms with Crippen molar-refractivity contribution < 1.29 is 14.6 Å². The molecule has 1 heterocycles. The van der Waals surface area contributed by atoms with Crippen molar-refractivity contribution in [3.63, 3.8) is 0 Å². The fraction of sp³-hybridized carbons (Fsp3) is 0.769. The molecule has 1 aromatic rings. The van der Waals surface area contributed by atoms with Crippen molar-refractivity contribution in [2.75, 3.05) is 20.8 Å². The lowest BCUT2D eigenvalue weighted by Crippen LogP contribution is -2.38. The average molecular weight is 291 g/mol. The second-order valence-corrected chi connectivity index (χ2v) is 4.88. The normalized spacial score (nSPS) is 13.8. The maximum atomic E-state index is 10.7. The van der Waals surface area contributed by atoms with Crippen LogP contribution in [0.1, 0.15) is 38.5 Å². The molecule has 1 unspecified atom stereocenters. The highest BCUT2D eigenvalue weighted by Gasteiger charge is 2.38. The Morgan fingerprint density at radius 1 is 1.42 bits per heavy atom. The quantitative estimate of drug-likeness (QED) is 0.799. The fourth-order valence-corrected chi connectivity index (χ4v) is 2.53. The Labute approximate surface area is 119 Å². The summed E-state index contributed by atoms with van der Waals surface area (Å²) >= 11 is 6.16. The Bertz CT molecular complexity index is 383. The SMILES string of the molecule is CCC(CC)(OC)C(O)c1c(Cl)cnn1CCOC. The van der Waals surface area contributed by atoms with E-state index in [4.69, 9.17) is 21.1 Å². The van der Waals surface area contributed by atoms with Crippen molar-refractivity contribution in [1.82, 2.24) is 9.78 Å². The van der Waals surface area contributed by atoms with Crippen molar-refractivity contribution in [2.45, 2.75) is 44.9 Å². The molecule has 0 aromatic carbocycles. The molecule has 1 N–H and O–H groups in total. The minimum atomic E-state index is -0.820. The smallest absolute Gasteiger partial charge is 0.126 e. The van der Waals surface area contributed by atoms with Gasteiger partial charge in [-0.1, -0.05) is 25.4 Å². The molecule has 6 heteroatoms. The van der Waals surface area contributed by atoms with Gasteiger partial charge in [0.2, 0.25) is 0 Å². The first-order chi connectivity index (χ1) is 9.06. The molecule has 0 bridgehead atoms. The summed E-state index contributed by atoms with van der Waals surface area (Å²) in [5, 5.41) is 15.3. The van der Waals surface area contributed by atoms with Crippen LogP contribution in [-0.4, -0.2) is 41.3 Å². The lowest BCUT2D eigenvalue weighted by Gasteiger charge is -2.35. The van der Waals surface area contributed by atoms with Gasteiger partial charge in [-0.2, -0.15) is 5.10 Å². The van der Waals surface area contributed by atoms with Gasteiger partial charge in [0.05, 0.1) is 35.7 Å². The molecule has 0 fully saturated rings. The summed E-state index contributed by atoms with van der Waals surface area (Å²) in [4.78, 5) is 0. The molecule has 0 aliphatic carbocycles. The minimum Gasteiger partial charge on any atom is -0.384 e. The van der Waals surface area contributed by atoms with E-state index in [2.05, 4.69) is 5.10 Å². The van der Waals surface area contributed by atoms with Gasteiger partial charge in [-0.3, -0.25) is 4.68 Å². The zero-order chi connectivity index (χ0) is 14.5. The van der Waals surface area contributed by atoms with Crippen LogP contribution < -0.4 is 0 Å². The third-order valence-corrected chi connectivity index (χ3v) is 3.99. The van der Waals surface area contributed by atoms with Gasteiger partial charge >= 0.3 is 0 Å². The maximum absolute atomic E-state index is 10.7. The van der Waals surface area contributed by atoms with Gasteiger partial charge in [-0.15, -0.1) is 0 Å². The number of rotatable bonds is 8. The van der Waals surface area contributed by atoms with Crippen LogP contribution in [0.2, 0.25) is 5.02 Å². The van der Waals surface area contributed by atoms with Crippen LogP contribution in [-0.2, 0) is 16.0 Å². The van der Waals surface area contributed by atoms with Crippen molar-refractivity contribution in [2.24, 2.45) is 0 Å². The highest BCUT2D eigenvalue weighted by Crippen LogP contribution is 2.37. The Balaban J connectivity index is 3.09. The van der Waals surface area contributed by atoms with E-state index in [0.717, 1.165) is 0 Å². The summed E-state index contributed by atoms with van der Waals surface area (Å²) in [6, 6.07) is 0. The van der Waals surface area contributed by atoms with E-state index in [1.165, 1.54) is 0 Å². The number of hydrogen-bond donors (Lipinski definition) is 1. The number of ether oxygens (including phenoxy) is 2. The van der Waals surface area contributed by atoms with Crippen LogP contribution in [0.25, 0.3) is 0 Å². The van der Waals surface area contributed by atoms with Gasteiger partial charge in [0.15, 0.2) is 0 Å². The first-order valence-corrected chi connectivity index (χ1v) is 6.87. The number of halogens is 1. The molecular formula is C13H23ClN2O3. The van der Waals surface area contributed by atoms with Gasteiger partial charge in [0, 0.05) is 14.2 Å². The maximum Gasteiger partial charge on any atom is 0.126 e. The van der Waals surface area contributed by atoms with Gasteiger partial charge in [-0.05, 0) is 12.8 Å². The standard InChI is InChI=1S/C13H23ClN2O3/c1-5-13(6-2,19-4)12(17)11-10(14)9-15-16(11)7-8-18-3/h9,12,17H,5-8H2,1-4H3. The van der Waals surface area contributed by atoms with Crippen molar-refractivity contribution in [3.8, 4) is 0 Å². The number of methoxy groups -OCH3 is 2. The second kappa shape index (κ2) is 7.24. The predicted octanol–water partition coefficient (Wildman–Crippen LogP) is 2.42. The highest BCUT2D eigenvalue weighted by molar-refractivity contribution is 6.31. The molecule has 0 saturated heterocycles. The first kappa shape index (κ1) is 16.4. The Hall–Kier alpha value is -0.620. The summed E-state index contributed by atoms with van der Waals surface area (Å²) < 4.78 is 12.3. The third kappa shape index (κ3) is 3.28. The molecule has 0 radical (unpaired) electrons. The third-order valence-electron chi connectivity index (χ3n) is 3.70. The molecule has 5 nitrogen and oxygen atoms in total. The zero-order valence-corrected chi connectivity index (χ0v) is 12.8. The van der Waals surface area contributed by atoms with Crippen LogP contribution in [0, 0.1) is 0 Å². The Kier molecular flexibility index (Phi) is 6.26. The summed E-state index contributed by atoms with van der Waals surface area (Å²) in [7, 11) is 3.23. The first-order valence-electron chi connectivity index (χ1n) is 6.49. The van der Waals surface area contributed by atoms with E-state index >= 15 is 0 Å². The van der Waals surface area contributed by atoms with Gasteiger partial charge in [-0.25, -0.2) is 0 Å². The van der Waals surface area contributed by atoms with E-state index in [9.17, 15) is 5.11 Å². The highest BCUT2D eigenvalue weighted by atomic mass is 35.5. The molecule has 0 spiro atoms. The number of hydrogen-bond acceptors (Lipinski definition) is 4. The van der Waals surface area contributed by atoms with E-state index in [-0.39, 0.29) is 0 Å². The topological polar surface area (TPSA) is 56.5 Å². The van der Waals surface area contributed by atoms with Crippen molar-refractivity contribution in [1.29, 1.82) is 0 Å². The number of aromatic nitrogens is 2. The average Bonchev–Trinajstić information content (AvgIpc) is 2.79. The molecule has 0 aliphatic heterocycles. The summed E-state index contributed by atoms with van der Waals surface area (Å²) in [5.74, 6) is 0. The molecule has 0 amide bonds. The number of aliphatic hydroxyl groups is 1. The Morgan fingerprint density at radius 3 is 2.53 bits per heavy atom. The van der Waals surface area contributed by atoms with Gasteiger partial charge < -0.3 is 14.6 Å². The number of aliphatic hydroxyl groups excluding tert-OH is 1. The van der Waals surface area contributed by atoms with Crippen LogP contribution in [0.5, 0.6) is 0 Å². The van der Waals surface area contributed by atoms with E-state index in [1.807, 2.05) is 13.8 Å². The van der Waals surface area contributed by atoms with Crippen molar-refractivity contribution in [3.05, 3.63) is 16.9 Å². The van der Waals surface area contributed by atoms with Crippen LogP contribution in [0.15, 0.2) is 6.20 Å². The van der Waals surface area contributed by atoms with Crippen LogP contribution in [0.4, 0.5) is 0 Å². The largest absolute Gasteiger partial charge is 0.384 e. The molecule has 1 rings (SSSR count). The zero-order valence-electron chi connectivity index (χ0n) is 12.0. The number of nitrogens with zero attached hydrogens (tertiary/aromatic N) is 2. The fourth-order valence-electron chi connectivity index (χ4n) is 2.29. The molecular weight excluding hydrogens is 268 g/mol. The van der Waals surface area contributed by atoms with Crippen molar-refractivity contribution >= 4 is 11.6 Å². The minimum absolute atomic E-state index is 0.451. The molecule has 0 aliphatic rings. The summed E-state index contributed by atoms with van der Waals surface area (Å²) in [5.41, 5.74) is -0.0571. The van der Waals surface area contributed by atoms with E-state index < -0.39 is 11.7 Å². The second-order valence-electron chi connectivity index (χ2n) is 4.47. The lowest BCUT2D eigenvalue weighted by atomic mass is 9.88. The predicted molar refractivity (Wildman–Crippen MR) is 74.4 cm³/mol. The molecule has 0 saturated carbocycles. The van der Waals surface area contributed by atoms with Gasteiger partial charge in [0.1, 0.15) is 6.10 Å². The lowest BCUT2D eigenvalue weighted by molar-refractivity contribution is -0.112. The van der Waals surface area contributed by atoms with Crippen LogP contribution in [0.3, 0.4) is 0 Å². The molecule has 1 aromatic heterocycles. The molecule has 110 valence electrons. The monoisotopic (exact) mass is 290 g/mol.